The molecule has 1 heterocycles. The zero-order chi connectivity index (χ0) is 8.60. The van der Waals surface area contributed by atoms with Crippen molar-refractivity contribution < 1.29 is 4.79 Å². The van der Waals surface area contributed by atoms with Gasteiger partial charge < -0.3 is 5.32 Å². The van der Waals surface area contributed by atoms with E-state index in [0.29, 0.717) is 11.2 Å². The monoisotopic (exact) mass is 167 g/mol. The Kier molecular flexibility index (Phi) is 1.95. The van der Waals surface area contributed by atoms with Crippen LogP contribution in [0.25, 0.3) is 0 Å². The van der Waals surface area contributed by atoms with Crippen LogP contribution in [0.2, 0.25) is 0 Å². The summed E-state index contributed by atoms with van der Waals surface area (Å²) in [6.45, 7) is 2.78. The zero-order valence-electron chi connectivity index (χ0n) is 7.73. The largest absolute Gasteiger partial charge is 0.307 e. The van der Waals surface area contributed by atoms with Gasteiger partial charge in [0, 0.05) is 6.54 Å². The van der Waals surface area contributed by atoms with Gasteiger partial charge in [0.05, 0.1) is 6.04 Å². The van der Waals surface area contributed by atoms with Crippen LogP contribution in [0.5, 0.6) is 0 Å². The van der Waals surface area contributed by atoms with Gasteiger partial charge in [-0.3, -0.25) is 4.79 Å². The highest BCUT2D eigenvalue weighted by Gasteiger charge is 2.41. The van der Waals surface area contributed by atoms with Crippen molar-refractivity contribution in [3.8, 4) is 0 Å². The standard InChI is InChI=1S/C10H17NO/c1-8(12)9-6-10(7-11-9)4-2-3-5-10/h9,11H,2-7H2,1H3/t9-/m0/s1. The first-order valence-corrected chi connectivity index (χ1v) is 4.96. The normalized spacial score (nSPS) is 32.9. The molecule has 1 saturated carbocycles. The average Bonchev–Trinajstić information content (AvgIpc) is 2.62. The lowest BCUT2D eigenvalue weighted by molar-refractivity contribution is -0.118. The number of Topliss-reactive ketones (excluding diaryl/α,β-unsaturated/α-hetero) is 1. The lowest BCUT2D eigenvalue weighted by Crippen LogP contribution is -2.28. The van der Waals surface area contributed by atoms with Crippen molar-refractivity contribution in [2.45, 2.75) is 45.1 Å². The number of nitrogens with one attached hydrogen (secondary N) is 1. The number of carbonyl (C=O) groups excluding carboxylic acids is 1. The highest BCUT2D eigenvalue weighted by atomic mass is 16.1. The molecule has 1 atom stereocenters. The van der Waals surface area contributed by atoms with Crippen LogP contribution in [-0.2, 0) is 4.79 Å². The molecule has 0 aromatic carbocycles. The van der Waals surface area contributed by atoms with E-state index in [1.165, 1.54) is 25.7 Å². The van der Waals surface area contributed by atoms with Crippen LogP contribution in [0, 0.1) is 5.41 Å². The Hall–Kier alpha value is -0.370. The molecule has 1 aliphatic heterocycles. The first-order chi connectivity index (χ1) is 5.72. The molecule has 0 aromatic rings. The van der Waals surface area contributed by atoms with Gasteiger partial charge in [-0.2, -0.15) is 0 Å². The highest BCUT2D eigenvalue weighted by Crippen LogP contribution is 2.44. The van der Waals surface area contributed by atoms with Crippen molar-refractivity contribution in [1.29, 1.82) is 0 Å². The van der Waals surface area contributed by atoms with E-state index in [4.69, 9.17) is 0 Å². The molecule has 1 spiro atoms. The topological polar surface area (TPSA) is 29.1 Å². The van der Waals surface area contributed by atoms with Gasteiger partial charge in [-0.1, -0.05) is 12.8 Å². The average molecular weight is 167 g/mol. The molecule has 1 N–H and O–H groups in total. The molecule has 2 aliphatic rings. The van der Waals surface area contributed by atoms with Gasteiger partial charge in [-0.15, -0.1) is 0 Å². The van der Waals surface area contributed by atoms with Crippen LogP contribution in [0.15, 0.2) is 0 Å². The summed E-state index contributed by atoms with van der Waals surface area (Å²) in [7, 11) is 0. The SMILES string of the molecule is CC(=O)[C@@H]1CC2(CCCC2)CN1. The molecule has 2 heteroatoms. The van der Waals surface area contributed by atoms with Crippen LogP contribution in [0.3, 0.4) is 0 Å². The van der Waals surface area contributed by atoms with E-state index in [9.17, 15) is 4.79 Å². The van der Waals surface area contributed by atoms with E-state index in [-0.39, 0.29) is 6.04 Å². The number of hydrogen-bond acceptors (Lipinski definition) is 2. The van der Waals surface area contributed by atoms with Gasteiger partial charge in [-0.25, -0.2) is 0 Å². The van der Waals surface area contributed by atoms with Crippen LogP contribution in [0.4, 0.5) is 0 Å². The van der Waals surface area contributed by atoms with Crippen LogP contribution >= 0.6 is 0 Å². The van der Waals surface area contributed by atoms with Gasteiger partial charge >= 0.3 is 0 Å². The molecule has 0 aromatic heterocycles. The summed E-state index contributed by atoms with van der Waals surface area (Å²) in [6, 6.07) is 0.170. The third-order valence-electron chi connectivity index (χ3n) is 3.52. The van der Waals surface area contributed by atoms with E-state index in [2.05, 4.69) is 5.32 Å². The molecular weight excluding hydrogens is 150 g/mol. The minimum Gasteiger partial charge on any atom is -0.307 e. The summed E-state index contributed by atoms with van der Waals surface area (Å²) in [6.07, 6.45) is 6.51. The minimum atomic E-state index is 0.170. The minimum absolute atomic E-state index is 0.170. The maximum Gasteiger partial charge on any atom is 0.146 e. The van der Waals surface area contributed by atoms with Crippen molar-refractivity contribution in [2.75, 3.05) is 6.54 Å². The number of hydrogen-bond donors (Lipinski definition) is 1. The molecule has 2 nitrogen and oxygen atoms in total. The summed E-state index contributed by atoms with van der Waals surface area (Å²) >= 11 is 0. The van der Waals surface area contributed by atoms with Gasteiger partial charge in [0.15, 0.2) is 0 Å². The van der Waals surface area contributed by atoms with Gasteiger partial charge in [-0.05, 0) is 31.6 Å². The van der Waals surface area contributed by atoms with Crippen molar-refractivity contribution in [2.24, 2.45) is 5.41 Å². The Morgan fingerprint density at radius 3 is 2.58 bits per heavy atom. The molecule has 68 valence electrons. The molecule has 12 heavy (non-hydrogen) atoms. The molecular formula is C10H17NO. The van der Waals surface area contributed by atoms with E-state index >= 15 is 0 Å². The second-order valence-electron chi connectivity index (χ2n) is 4.46. The van der Waals surface area contributed by atoms with Crippen LogP contribution in [0.1, 0.15) is 39.0 Å². The molecule has 1 saturated heterocycles. The van der Waals surface area contributed by atoms with E-state index in [0.717, 1.165) is 13.0 Å². The van der Waals surface area contributed by atoms with Gasteiger partial charge in [0.1, 0.15) is 5.78 Å². The van der Waals surface area contributed by atoms with Crippen LogP contribution in [-0.4, -0.2) is 18.4 Å². The number of rotatable bonds is 1. The Morgan fingerprint density at radius 1 is 1.42 bits per heavy atom. The second kappa shape index (κ2) is 2.84. The maximum atomic E-state index is 11.1. The van der Waals surface area contributed by atoms with E-state index in [1.807, 2.05) is 0 Å². The van der Waals surface area contributed by atoms with E-state index in [1.54, 1.807) is 6.92 Å². The quantitative estimate of drug-likeness (QED) is 0.641. The third-order valence-corrected chi connectivity index (χ3v) is 3.52. The highest BCUT2D eigenvalue weighted by molar-refractivity contribution is 5.81. The first-order valence-electron chi connectivity index (χ1n) is 4.96. The van der Waals surface area contributed by atoms with Crippen LogP contribution < -0.4 is 5.32 Å². The Balaban J connectivity index is 2.01. The zero-order valence-corrected chi connectivity index (χ0v) is 7.73. The summed E-state index contributed by atoms with van der Waals surface area (Å²) in [5, 5.41) is 3.34. The third kappa shape index (κ3) is 1.28. The fourth-order valence-corrected chi connectivity index (χ4v) is 2.71. The first kappa shape index (κ1) is 8.24. The smallest absolute Gasteiger partial charge is 0.146 e. The summed E-state index contributed by atoms with van der Waals surface area (Å²) in [4.78, 5) is 11.1. The molecule has 2 rings (SSSR count). The fraction of sp³-hybridized carbons (Fsp3) is 0.900. The fourth-order valence-electron chi connectivity index (χ4n) is 2.71. The Labute approximate surface area is 73.7 Å². The molecule has 1 aliphatic carbocycles. The molecule has 2 fully saturated rings. The summed E-state index contributed by atoms with van der Waals surface area (Å²) < 4.78 is 0. The Morgan fingerprint density at radius 2 is 2.08 bits per heavy atom. The van der Waals surface area contributed by atoms with Crippen molar-refractivity contribution in [3.63, 3.8) is 0 Å². The maximum absolute atomic E-state index is 11.1. The lowest BCUT2D eigenvalue weighted by Gasteiger charge is -2.20. The van der Waals surface area contributed by atoms with Crippen molar-refractivity contribution in [1.82, 2.24) is 5.32 Å². The lowest BCUT2D eigenvalue weighted by atomic mass is 9.83. The summed E-state index contributed by atoms with van der Waals surface area (Å²) in [5.41, 5.74) is 0.510. The molecule has 0 bridgehead atoms. The van der Waals surface area contributed by atoms with Crippen molar-refractivity contribution in [3.05, 3.63) is 0 Å². The van der Waals surface area contributed by atoms with Gasteiger partial charge in [0.25, 0.3) is 0 Å². The number of carbonyl (C=O) groups is 1. The molecule has 0 unspecified atom stereocenters. The molecule has 0 amide bonds. The number of ketones is 1. The van der Waals surface area contributed by atoms with Gasteiger partial charge in [0.2, 0.25) is 0 Å². The predicted molar refractivity (Wildman–Crippen MR) is 48.0 cm³/mol. The Bertz CT molecular complexity index is 194. The summed E-state index contributed by atoms with van der Waals surface area (Å²) in [5.74, 6) is 0.318. The van der Waals surface area contributed by atoms with Crippen molar-refractivity contribution >= 4 is 5.78 Å². The second-order valence-corrected chi connectivity index (χ2v) is 4.46. The predicted octanol–water partition coefficient (Wildman–Crippen LogP) is 1.50. The molecule has 0 radical (unpaired) electrons. The van der Waals surface area contributed by atoms with E-state index < -0.39 is 0 Å².